The van der Waals surface area contributed by atoms with Gasteiger partial charge >= 0.3 is 6.09 Å². The Morgan fingerprint density at radius 2 is 1.61 bits per heavy atom. The smallest absolute Gasteiger partial charge is 0.411 e. The predicted octanol–water partition coefficient (Wildman–Crippen LogP) is 2.88. The van der Waals surface area contributed by atoms with Crippen LogP contribution in [0, 0.1) is 5.41 Å². The summed E-state index contributed by atoms with van der Waals surface area (Å²) in [5.41, 5.74) is -1.90. The highest BCUT2D eigenvalue weighted by atomic mass is 19.3. The number of aliphatic hydroxyl groups is 1. The molecule has 3 amide bonds. The molecule has 0 radical (unpaired) electrons. The van der Waals surface area contributed by atoms with Crippen LogP contribution in [0.25, 0.3) is 0 Å². The molecule has 0 bridgehead atoms. The monoisotopic (exact) mass is 475 g/mol. The van der Waals surface area contributed by atoms with Gasteiger partial charge in [0.2, 0.25) is 17.7 Å². The highest BCUT2D eigenvalue weighted by Gasteiger charge is 2.49. The van der Waals surface area contributed by atoms with Gasteiger partial charge in [0, 0.05) is 39.5 Å². The van der Waals surface area contributed by atoms with E-state index in [1.165, 1.54) is 9.80 Å². The normalized spacial score (nSPS) is 23.9. The van der Waals surface area contributed by atoms with E-state index in [0.717, 1.165) is 0 Å². The first-order chi connectivity index (χ1) is 15.0. The molecule has 2 fully saturated rings. The molecule has 2 rings (SSSR count). The molecule has 190 valence electrons. The lowest BCUT2D eigenvalue weighted by Gasteiger charge is -2.43. The summed E-state index contributed by atoms with van der Waals surface area (Å²) in [6.07, 6.45) is -0.900. The first-order valence-electron chi connectivity index (χ1n) is 11.5. The number of carbonyl (C=O) groups is 3. The van der Waals surface area contributed by atoms with Crippen LogP contribution in [0.3, 0.4) is 0 Å². The van der Waals surface area contributed by atoms with Gasteiger partial charge < -0.3 is 19.6 Å². The van der Waals surface area contributed by atoms with Crippen LogP contribution in [0.1, 0.15) is 66.7 Å². The number of alkyl halides is 2. The van der Waals surface area contributed by atoms with Crippen LogP contribution < -0.4 is 0 Å². The number of hydrogen-bond donors (Lipinski definition) is 1. The van der Waals surface area contributed by atoms with Gasteiger partial charge in [0.15, 0.2) is 0 Å². The molecular formula is C23H39F2N3O5. The zero-order valence-electron chi connectivity index (χ0n) is 20.9. The second-order valence-electron chi connectivity index (χ2n) is 11.1. The summed E-state index contributed by atoms with van der Waals surface area (Å²) >= 11 is 0. The summed E-state index contributed by atoms with van der Waals surface area (Å²) in [5, 5.41) is 9.81. The zero-order chi connectivity index (χ0) is 25.4. The van der Waals surface area contributed by atoms with Gasteiger partial charge in [0.05, 0.1) is 18.1 Å². The number of nitrogens with zero attached hydrogens (tertiary/aromatic N) is 3. The van der Waals surface area contributed by atoms with E-state index in [1.54, 1.807) is 53.6 Å². The van der Waals surface area contributed by atoms with E-state index in [0.29, 0.717) is 0 Å². The molecule has 10 heteroatoms. The van der Waals surface area contributed by atoms with Gasteiger partial charge in [-0.1, -0.05) is 0 Å². The van der Waals surface area contributed by atoms with Gasteiger partial charge in [-0.3, -0.25) is 14.5 Å². The predicted molar refractivity (Wildman–Crippen MR) is 119 cm³/mol. The number of halogens is 2. The van der Waals surface area contributed by atoms with E-state index in [2.05, 4.69) is 0 Å². The molecule has 0 aromatic carbocycles. The van der Waals surface area contributed by atoms with Gasteiger partial charge in [-0.2, -0.15) is 0 Å². The fraction of sp³-hybridized carbons (Fsp3) is 0.870. The largest absolute Gasteiger partial charge is 0.444 e. The maximum absolute atomic E-state index is 13.8. The second kappa shape index (κ2) is 9.72. The number of ether oxygens (including phenoxy) is 1. The Kier molecular flexibility index (Phi) is 8.03. The minimum atomic E-state index is -2.76. The maximum Gasteiger partial charge on any atom is 0.411 e. The van der Waals surface area contributed by atoms with Crippen molar-refractivity contribution in [2.45, 2.75) is 96.4 Å². The lowest BCUT2D eigenvalue weighted by molar-refractivity contribution is -0.151. The van der Waals surface area contributed by atoms with E-state index in [4.69, 9.17) is 4.74 Å². The SMILES string of the molecule is CN(C)C(=O)[C@@H]1C[C@H](N(C(=O)C(C)(C)CO)C2CCC(F)(F)CC2)CN1C(=O)OC(C)(C)C. The zero-order valence-corrected chi connectivity index (χ0v) is 20.9. The van der Waals surface area contributed by atoms with Crippen molar-refractivity contribution in [2.75, 3.05) is 27.2 Å². The third-order valence-electron chi connectivity index (χ3n) is 6.32. The van der Waals surface area contributed by atoms with E-state index in [1.807, 2.05) is 0 Å². The summed E-state index contributed by atoms with van der Waals surface area (Å²) < 4.78 is 33.2. The Morgan fingerprint density at radius 3 is 2.06 bits per heavy atom. The standard InChI is InChI=1S/C23H39F2N3O5/c1-21(2,3)33-20(32)27-13-16(12-17(27)18(30)26(6)7)28(19(31)22(4,5)14-29)15-8-10-23(24,25)11-9-15/h15-17,29H,8-14H2,1-7H3/t16-,17-/m0/s1. The molecule has 33 heavy (non-hydrogen) atoms. The summed E-state index contributed by atoms with van der Waals surface area (Å²) in [5.74, 6) is -3.43. The van der Waals surface area contributed by atoms with E-state index in [9.17, 15) is 28.3 Å². The van der Waals surface area contributed by atoms with Crippen LogP contribution in [0.4, 0.5) is 13.6 Å². The number of hydrogen-bond acceptors (Lipinski definition) is 5. The summed E-state index contributed by atoms with van der Waals surface area (Å²) in [6, 6.07) is -1.85. The van der Waals surface area contributed by atoms with Gasteiger partial charge in [-0.15, -0.1) is 0 Å². The third-order valence-corrected chi connectivity index (χ3v) is 6.32. The van der Waals surface area contributed by atoms with Crippen molar-refractivity contribution in [3.8, 4) is 0 Å². The van der Waals surface area contributed by atoms with Gasteiger partial charge in [-0.05, 0) is 53.9 Å². The number of carbonyl (C=O) groups excluding carboxylic acids is 3. The molecule has 1 saturated heterocycles. The number of amides is 3. The quantitative estimate of drug-likeness (QED) is 0.660. The molecule has 1 aliphatic carbocycles. The van der Waals surface area contributed by atoms with Gasteiger partial charge in [-0.25, -0.2) is 13.6 Å². The molecule has 1 aliphatic heterocycles. The topological polar surface area (TPSA) is 90.4 Å². The maximum atomic E-state index is 13.8. The fourth-order valence-corrected chi connectivity index (χ4v) is 4.42. The first kappa shape index (κ1) is 27.3. The summed E-state index contributed by atoms with van der Waals surface area (Å²) in [7, 11) is 3.17. The summed E-state index contributed by atoms with van der Waals surface area (Å²) in [6.45, 7) is 8.02. The van der Waals surface area contributed by atoms with Crippen LogP contribution in [0.5, 0.6) is 0 Å². The van der Waals surface area contributed by atoms with Crippen molar-refractivity contribution in [1.82, 2.24) is 14.7 Å². The van der Waals surface area contributed by atoms with Crippen LogP contribution in [0.2, 0.25) is 0 Å². The molecule has 0 unspecified atom stereocenters. The average molecular weight is 476 g/mol. The molecular weight excluding hydrogens is 436 g/mol. The van der Waals surface area contributed by atoms with Crippen molar-refractivity contribution >= 4 is 17.9 Å². The second-order valence-corrected chi connectivity index (χ2v) is 11.1. The Balaban J connectivity index is 2.39. The fourth-order valence-electron chi connectivity index (χ4n) is 4.42. The number of likely N-dealkylation sites (tertiary alicyclic amines) is 1. The van der Waals surface area contributed by atoms with Crippen LogP contribution in [0.15, 0.2) is 0 Å². The lowest BCUT2D eigenvalue weighted by Crippen LogP contribution is -2.55. The molecule has 0 aromatic heterocycles. The Hall–Kier alpha value is -1.97. The Bertz CT molecular complexity index is 741. The molecule has 8 nitrogen and oxygen atoms in total. The molecule has 2 aliphatic rings. The third kappa shape index (κ3) is 6.55. The first-order valence-corrected chi connectivity index (χ1v) is 11.5. The van der Waals surface area contributed by atoms with Crippen molar-refractivity contribution < 1.29 is 33.0 Å². The van der Waals surface area contributed by atoms with E-state index < -0.39 is 47.8 Å². The van der Waals surface area contributed by atoms with Crippen molar-refractivity contribution in [3.05, 3.63) is 0 Å². The van der Waals surface area contributed by atoms with E-state index >= 15 is 0 Å². The average Bonchev–Trinajstić information content (AvgIpc) is 3.12. The van der Waals surface area contributed by atoms with Crippen molar-refractivity contribution in [2.24, 2.45) is 5.41 Å². The lowest BCUT2D eigenvalue weighted by atomic mass is 9.86. The highest BCUT2D eigenvalue weighted by molar-refractivity contribution is 5.87. The highest BCUT2D eigenvalue weighted by Crippen LogP contribution is 2.39. The Labute approximate surface area is 195 Å². The molecule has 2 atom stereocenters. The van der Waals surface area contributed by atoms with Gasteiger partial charge in [0.25, 0.3) is 0 Å². The molecule has 0 spiro atoms. The van der Waals surface area contributed by atoms with Gasteiger partial charge in [0.1, 0.15) is 11.6 Å². The number of likely N-dealkylation sites (N-methyl/N-ethyl adjacent to an activating group) is 1. The molecule has 0 aromatic rings. The van der Waals surface area contributed by atoms with Crippen LogP contribution in [-0.2, 0) is 14.3 Å². The minimum absolute atomic E-state index is 0.0549. The van der Waals surface area contributed by atoms with E-state index in [-0.39, 0.29) is 50.5 Å². The summed E-state index contributed by atoms with van der Waals surface area (Å²) in [4.78, 5) is 43.6. The van der Waals surface area contributed by atoms with Crippen molar-refractivity contribution in [3.63, 3.8) is 0 Å². The molecule has 1 saturated carbocycles. The molecule has 1 N–H and O–H groups in total. The van der Waals surface area contributed by atoms with Crippen LogP contribution >= 0.6 is 0 Å². The number of rotatable bonds is 5. The van der Waals surface area contributed by atoms with Crippen LogP contribution in [-0.4, -0.2) is 94.6 Å². The number of aliphatic hydroxyl groups excluding tert-OH is 1. The minimum Gasteiger partial charge on any atom is -0.444 e. The molecule has 1 heterocycles. The Morgan fingerprint density at radius 1 is 1.06 bits per heavy atom. The van der Waals surface area contributed by atoms with Crippen molar-refractivity contribution in [1.29, 1.82) is 0 Å².